The van der Waals surface area contributed by atoms with Crippen LogP contribution < -0.4 is 0 Å². The lowest BCUT2D eigenvalue weighted by atomic mass is 10.2. The zero-order valence-corrected chi connectivity index (χ0v) is 10.6. The van der Waals surface area contributed by atoms with Crippen molar-refractivity contribution >= 4 is 5.69 Å². The Kier molecular flexibility index (Phi) is 3.03. The molecule has 0 spiro atoms. The number of phenols is 1. The van der Waals surface area contributed by atoms with Crippen LogP contribution in [-0.2, 0) is 0 Å². The number of pyridine rings is 1. The predicted molar refractivity (Wildman–Crippen MR) is 73.4 cm³/mol. The minimum atomic E-state index is -0.657. The van der Waals surface area contributed by atoms with Gasteiger partial charge < -0.3 is 5.11 Å². The Morgan fingerprint density at radius 3 is 2.62 bits per heavy atom. The number of hydrogen-bond acceptors (Lipinski definition) is 6. The van der Waals surface area contributed by atoms with Gasteiger partial charge in [-0.2, -0.15) is 5.10 Å². The molecule has 3 rings (SSSR count). The Hall–Kier alpha value is -3.29. The second kappa shape index (κ2) is 5.00. The number of nitrogens with one attached hydrogen (secondary N) is 1. The first-order chi connectivity index (χ1) is 10.1. The Morgan fingerprint density at radius 2 is 1.90 bits per heavy atom. The molecular weight excluding hydrogens is 274 g/mol. The van der Waals surface area contributed by atoms with E-state index in [0.717, 1.165) is 5.56 Å². The van der Waals surface area contributed by atoms with Crippen molar-refractivity contribution < 1.29 is 10.0 Å². The van der Waals surface area contributed by atoms with Crippen molar-refractivity contribution in [1.29, 1.82) is 0 Å². The fraction of sp³-hybridized carbons (Fsp3) is 0. The Morgan fingerprint density at radius 1 is 1.14 bits per heavy atom. The molecule has 0 aliphatic carbocycles. The third kappa shape index (κ3) is 2.41. The third-order valence-electron chi connectivity index (χ3n) is 2.87. The fourth-order valence-electron chi connectivity index (χ4n) is 1.84. The van der Waals surface area contributed by atoms with E-state index < -0.39 is 10.7 Å². The van der Waals surface area contributed by atoms with Gasteiger partial charge >= 0.3 is 5.69 Å². The second-order valence-corrected chi connectivity index (χ2v) is 4.20. The number of nitrogens with zero attached hydrogens (tertiary/aromatic N) is 4. The van der Waals surface area contributed by atoms with Gasteiger partial charge in [-0.25, -0.2) is 4.98 Å². The molecular formula is C13H9N5O3. The second-order valence-electron chi connectivity index (χ2n) is 4.20. The molecule has 3 aromatic rings. The van der Waals surface area contributed by atoms with Crippen molar-refractivity contribution in [2.45, 2.75) is 0 Å². The van der Waals surface area contributed by atoms with Crippen LogP contribution in [-0.4, -0.2) is 30.2 Å². The van der Waals surface area contributed by atoms with Crippen LogP contribution in [0.3, 0.4) is 0 Å². The summed E-state index contributed by atoms with van der Waals surface area (Å²) in [6, 6.07) is 7.53. The van der Waals surface area contributed by atoms with Crippen molar-refractivity contribution in [2.24, 2.45) is 0 Å². The number of rotatable bonds is 3. The summed E-state index contributed by atoms with van der Waals surface area (Å²) in [5, 5.41) is 27.1. The van der Waals surface area contributed by atoms with E-state index in [0.29, 0.717) is 17.2 Å². The summed E-state index contributed by atoms with van der Waals surface area (Å²) in [6.07, 6.45) is 3.26. The predicted octanol–water partition coefficient (Wildman–Crippen LogP) is 2.15. The number of benzene rings is 1. The summed E-state index contributed by atoms with van der Waals surface area (Å²) in [4.78, 5) is 18.4. The van der Waals surface area contributed by atoms with Crippen LogP contribution >= 0.6 is 0 Å². The molecule has 0 unspecified atom stereocenters. The molecule has 2 aromatic heterocycles. The first kappa shape index (κ1) is 12.7. The van der Waals surface area contributed by atoms with E-state index in [4.69, 9.17) is 0 Å². The molecule has 0 saturated heterocycles. The monoisotopic (exact) mass is 283 g/mol. The van der Waals surface area contributed by atoms with Crippen molar-refractivity contribution in [1.82, 2.24) is 20.2 Å². The maximum Gasteiger partial charge on any atom is 0.311 e. The first-order valence-corrected chi connectivity index (χ1v) is 5.96. The first-order valence-electron chi connectivity index (χ1n) is 5.96. The van der Waals surface area contributed by atoms with Gasteiger partial charge in [-0.05, 0) is 24.3 Å². The van der Waals surface area contributed by atoms with Crippen molar-refractivity contribution in [3.05, 3.63) is 52.8 Å². The minimum Gasteiger partial charge on any atom is -0.502 e. The minimum absolute atomic E-state index is 0.310. The SMILES string of the molecule is O=[N+]([O-])c1cc(-c2n[nH]c(-c3ccncc3)n2)ccc1O. The quantitative estimate of drug-likeness (QED) is 0.561. The zero-order chi connectivity index (χ0) is 14.8. The van der Waals surface area contributed by atoms with E-state index in [9.17, 15) is 15.2 Å². The molecule has 0 saturated carbocycles. The van der Waals surface area contributed by atoms with Gasteiger partial charge in [-0.15, -0.1) is 0 Å². The molecule has 8 heteroatoms. The summed E-state index contributed by atoms with van der Waals surface area (Å²) in [7, 11) is 0. The smallest absolute Gasteiger partial charge is 0.311 e. The van der Waals surface area contributed by atoms with Crippen LogP contribution in [0.1, 0.15) is 0 Å². The van der Waals surface area contributed by atoms with E-state index in [-0.39, 0.29) is 5.69 Å². The highest BCUT2D eigenvalue weighted by Gasteiger charge is 2.16. The van der Waals surface area contributed by atoms with Gasteiger partial charge in [0.15, 0.2) is 17.4 Å². The number of H-pyrrole nitrogens is 1. The standard InChI is InChI=1S/C13H9N5O3/c19-11-2-1-9(7-10(11)18(20)21)13-15-12(16-17-13)8-3-5-14-6-4-8/h1-7,19H,(H,15,16,17). The van der Waals surface area contributed by atoms with Gasteiger partial charge in [0.25, 0.3) is 0 Å². The third-order valence-corrected chi connectivity index (χ3v) is 2.87. The van der Waals surface area contributed by atoms with Crippen LogP contribution in [0.4, 0.5) is 5.69 Å². The molecule has 21 heavy (non-hydrogen) atoms. The molecule has 104 valence electrons. The van der Waals surface area contributed by atoms with E-state index in [1.165, 1.54) is 18.2 Å². The van der Waals surface area contributed by atoms with Crippen LogP contribution in [0.15, 0.2) is 42.7 Å². The Bertz CT molecular complexity index is 801. The van der Waals surface area contributed by atoms with E-state index in [2.05, 4.69) is 20.2 Å². The molecule has 0 fully saturated rings. The molecule has 0 atom stereocenters. The molecule has 8 nitrogen and oxygen atoms in total. The summed E-state index contributed by atoms with van der Waals surface area (Å²) < 4.78 is 0. The van der Waals surface area contributed by atoms with Gasteiger partial charge in [-0.3, -0.25) is 20.2 Å². The van der Waals surface area contributed by atoms with E-state index in [1.807, 2.05) is 0 Å². The molecule has 2 heterocycles. The number of aromatic amines is 1. The average Bonchev–Trinajstić information content (AvgIpc) is 2.98. The van der Waals surface area contributed by atoms with Gasteiger partial charge in [0, 0.05) is 29.6 Å². The van der Waals surface area contributed by atoms with Gasteiger partial charge in [-0.1, -0.05) is 0 Å². The van der Waals surface area contributed by atoms with Crippen LogP contribution in [0.5, 0.6) is 5.75 Å². The number of nitro benzene ring substituents is 1. The van der Waals surface area contributed by atoms with Crippen molar-refractivity contribution in [3.8, 4) is 28.5 Å². The largest absolute Gasteiger partial charge is 0.502 e. The lowest BCUT2D eigenvalue weighted by Crippen LogP contribution is -1.90. The fourth-order valence-corrected chi connectivity index (χ4v) is 1.84. The average molecular weight is 283 g/mol. The highest BCUT2D eigenvalue weighted by atomic mass is 16.6. The van der Waals surface area contributed by atoms with E-state index in [1.54, 1.807) is 24.5 Å². The number of aromatic hydroxyl groups is 1. The topological polar surface area (TPSA) is 118 Å². The number of aromatic nitrogens is 4. The van der Waals surface area contributed by atoms with Crippen LogP contribution in [0.2, 0.25) is 0 Å². The van der Waals surface area contributed by atoms with Crippen molar-refractivity contribution in [2.75, 3.05) is 0 Å². The summed E-state index contributed by atoms with van der Waals surface area (Å²) in [6.45, 7) is 0. The molecule has 2 N–H and O–H groups in total. The zero-order valence-electron chi connectivity index (χ0n) is 10.6. The summed E-state index contributed by atoms with van der Waals surface area (Å²) in [5.74, 6) is 0.446. The Labute approximate surface area is 118 Å². The maximum atomic E-state index is 10.8. The molecule has 0 aliphatic heterocycles. The van der Waals surface area contributed by atoms with Gasteiger partial charge in [0.2, 0.25) is 0 Å². The lowest BCUT2D eigenvalue weighted by Gasteiger charge is -1.98. The molecule has 0 bridgehead atoms. The summed E-state index contributed by atoms with van der Waals surface area (Å²) in [5.41, 5.74) is 0.857. The number of hydrogen-bond donors (Lipinski definition) is 2. The maximum absolute atomic E-state index is 10.8. The van der Waals surface area contributed by atoms with E-state index >= 15 is 0 Å². The highest BCUT2D eigenvalue weighted by molar-refractivity contribution is 5.65. The molecule has 0 aliphatic rings. The summed E-state index contributed by atoms with van der Waals surface area (Å²) >= 11 is 0. The van der Waals surface area contributed by atoms with Crippen molar-refractivity contribution in [3.63, 3.8) is 0 Å². The van der Waals surface area contributed by atoms with Gasteiger partial charge in [0.1, 0.15) is 0 Å². The van der Waals surface area contributed by atoms with Crippen LogP contribution in [0.25, 0.3) is 22.8 Å². The van der Waals surface area contributed by atoms with Crippen LogP contribution in [0, 0.1) is 10.1 Å². The molecule has 1 aromatic carbocycles. The lowest BCUT2D eigenvalue weighted by molar-refractivity contribution is -0.385. The number of nitro groups is 1. The van der Waals surface area contributed by atoms with Gasteiger partial charge in [0.05, 0.1) is 4.92 Å². The number of phenolic OH excluding ortho intramolecular Hbond substituents is 1. The molecule has 0 amide bonds. The molecule has 0 radical (unpaired) electrons. The highest BCUT2D eigenvalue weighted by Crippen LogP contribution is 2.30. The Balaban J connectivity index is 2.01. The normalized spacial score (nSPS) is 10.5.